The second kappa shape index (κ2) is 13.8. The Bertz CT molecular complexity index is 1150. The molecule has 0 spiro atoms. The molecule has 3 heterocycles. The number of sulfone groups is 1. The number of methoxy groups -OCH3 is 4. The Morgan fingerprint density at radius 3 is 1.81 bits per heavy atom. The van der Waals surface area contributed by atoms with Crippen LogP contribution in [-0.4, -0.2) is 134 Å². The highest BCUT2D eigenvalue weighted by molar-refractivity contribution is 7.91. The van der Waals surface area contributed by atoms with E-state index < -0.39 is 15.4 Å². The predicted molar refractivity (Wildman–Crippen MR) is 141 cm³/mol. The summed E-state index contributed by atoms with van der Waals surface area (Å²) in [5.41, 5.74) is 0.00306. The Hall–Kier alpha value is -2.59. The number of anilines is 3. The zero-order chi connectivity index (χ0) is 26.8. The van der Waals surface area contributed by atoms with Gasteiger partial charge in [0.25, 0.3) is 5.56 Å². The normalized spacial score (nSPS) is 15.3. The lowest BCUT2D eigenvalue weighted by molar-refractivity contribution is 0.189. The molecule has 0 aliphatic carbocycles. The van der Waals surface area contributed by atoms with Crippen molar-refractivity contribution in [1.82, 2.24) is 19.9 Å². The van der Waals surface area contributed by atoms with Crippen LogP contribution in [0.4, 0.5) is 17.7 Å². The van der Waals surface area contributed by atoms with Crippen LogP contribution in [-0.2, 0) is 28.8 Å². The zero-order valence-corrected chi connectivity index (χ0v) is 22.8. The lowest BCUT2D eigenvalue weighted by Crippen LogP contribution is -2.41. The Morgan fingerprint density at radius 2 is 1.30 bits per heavy atom. The van der Waals surface area contributed by atoms with Crippen LogP contribution in [0.1, 0.15) is 0 Å². The molecule has 1 fully saturated rings. The summed E-state index contributed by atoms with van der Waals surface area (Å²) in [5, 5.41) is 0. The smallest absolute Gasteiger partial charge is 0.279 e. The third-order valence-corrected chi connectivity index (χ3v) is 7.61. The van der Waals surface area contributed by atoms with E-state index in [2.05, 4.69) is 9.97 Å². The lowest BCUT2D eigenvalue weighted by atomic mass is 10.3. The van der Waals surface area contributed by atoms with Gasteiger partial charge in [-0.1, -0.05) is 0 Å². The monoisotopic (exact) mass is 543 g/mol. The fourth-order valence-corrected chi connectivity index (χ4v) is 5.07. The summed E-state index contributed by atoms with van der Waals surface area (Å²) >= 11 is 0. The first-order chi connectivity index (χ1) is 17.8. The van der Waals surface area contributed by atoms with Gasteiger partial charge < -0.3 is 33.6 Å². The summed E-state index contributed by atoms with van der Waals surface area (Å²) < 4.78 is 45.1. The van der Waals surface area contributed by atoms with Crippen molar-refractivity contribution < 1.29 is 27.4 Å². The van der Waals surface area contributed by atoms with E-state index in [0.717, 1.165) is 0 Å². The van der Waals surface area contributed by atoms with Gasteiger partial charge in [-0.2, -0.15) is 4.98 Å². The molecule has 1 N–H and O–H groups in total. The topological polar surface area (TPSA) is 152 Å². The molecule has 0 bridgehead atoms. The van der Waals surface area contributed by atoms with Crippen molar-refractivity contribution in [2.24, 2.45) is 0 Å². The van der Waals surface area contributed by atoms with Gasteiger partial charge in [0.15, 0.2) is 21.2 Å². The molecule has 0 amide bonds. The highest BCUT2D eigenvalue weighted by atomic mass is 32.2. The molecular weight excluding hydrogens is 506 g/mol. The molecule has 3 rings (SSSR count). The van der Waals surface area contributed by atoms with Crippen LogP contribution in [0.3, 0.4) is 0 Å². The summed E-state index contributed by atoms with van der Waals surface area (Å²) in [5.74, 6) is 1.06. The van der Waals surface area contributed by atoms with E-state index in [-0.39, 0.29) is 30.1 Å². The van der Waals surface area contributed by atoms with Crippen molar-refractivity contribution in [3.05, 3.63) is 10.4 Å². The number of H-pyrrole nitrogens is 1. The van der Waals surface area contributed by atoms with Gasteiger partial charge in [-0.3, -0.25) is 9.78 Å². The molecule has 0 radical (unpaired) electrons. The Kier molecular flexibility index (Phi) is 10.8. The first-order valence-electron chi connectivity index (χ1n) is 12.1. The van der Waals surface area contributed by atoms with Crippen LogP contribution in [0.25, 0.3) is 11.0 Å². The van der Waals surface area contributed by atoms with Gasteiger partial charge in [0, 0.05) is 67.7 Å². The summed E-state index contributed by atoms with van der Waals surface area (Å²) in [6.45, 7) is 4.08. The first-order valence-corrected chi connectivity index (χ1v) is 13.9. The van der Waals surface area contributed by atoms with Crippen LogP contribution < -0.4 is 20.3 Å². The number of nitrogens with zero attached hydrogens (tertiary/aromatic N) is 6. The minimum absolute atomic E-state index is 0.00521. The number of hydrogen-bond donors (Lipinski definition) is 1. The molecule has 208 valence electrons. The minimum atomic E-state index is -3.13. The predicted octanol–water partition coefficient (Wildman–Crippen LogP) is -0.854. The molecular formula is C22H37N7O7S. The molecule has 14 nitrogen and oxygen atoms in total. The summed E-state index contributed by atoms with van der Waals surface area (Å²) in [7, 11) is 3.27. The van der Waals surface area contributed by atoms with Crippen molar-refractivity contribution in [2.75, 3.05) is 120 Å². The Labute approximate surface area is 216 Å². The highest BCUT2D eigenvalue weighted by Crippen LogP contribution is 2.26. The van der Waals surface area contributed by atoms with Crippen molar-refractivity contribution in [1.29, 1.82) is 0 Å². The van der Waals surface area contributed by atoms with Gasteiger partial charge in [-0.15, -0.1) is 0 Å². The average Bonchev–Trinajstić information content (AvgIpc) is 2.88. The number of rotatable bonds is 15. The third-order valence-electron chi connectivity index (χ3n) is 6.00. The standard InChI is InChI=1S/C22H37N7O7S/c1-33-11-5-28(6-12-34-2)21-24-18-17(19(25-21)27-9-15-37(31,32)16-10-27)23-22(26-20(18)30)29(7-13-35-3)8-14-36-4/h5-16H2,1-4H3,(H,23,26,30). The molecule has 2 aromatic rings. The number of ether oxygens (including phenoxy) is 4. The number of hydrogen-bond acceptors (Lipinski definition) is 13. The molecule has 0 unspecified atom stereocenters. The summed E-state index contributed by atoms with van der Waals surface area (Å²) in [6, 6.07) is 0. The van der Waals surface area contributed by atoms with Crippen molar-refractivity contribution in [3.8, 4) is 0 Å². The number of aromatic nitrogens is 4. The number of fused-ring (bicyclic) bond motifs is 1. The molecule has 15 heteroatoms. The maximum absolute atomic E-state index is 13.3. The molecule has 37 heavy (non-hydrogen) atoms. The van der Waals surface area contributed by atoms with Crippen LogP contribution in [0.15, 0.2) is 4.79 Å². The van der Waals surface area contributed by atoms with Gasteiger partial charge in [-0.25, -0.2) is 18.4 Å². The quantitative estimate of drug-likeness (QED) is 0.297. The van der Waals surface area contributed by atoms with Crippen LogP contribution >= 0.6 is 0 Å². The third kappa shape index (κ3) is 7.70. The van der Waals surface area contributed by atoms with E-state index in [9.17, 15) is 13.2 Å². The van der Waals surface area contributed by atoms with Crippen molar-refractivity contribution in [2.45, 2.75) is 0 Å². The maximum atomic E-state index is 13.3. The fraction of sp³-hybridized carbons (Fsp3) is 0.727. The van der Waals surface area contributed by atoms with Crippen molar-refractivity contribution >= 4 is 38.6 Å². The summed E-state index contributed by atoms with van der Waals surface area (Å²) in [6.07, 6.45) is 0. The zero-order valence-electron chi connectivity index (χ0n) is 21.9. The molecule has 1 aliphatic rings. The van der Waals surface area contributed by atoms with Gasteiger partial charge in [0.1, 0.15) is 5.52 Å². The van der Waals surface area contributed by atoms with Gasteiger partial charge >= 0.3 is 0 Å². The Balaban J connectivity index is 2.14. The number of nitrogens with one attached hydrogen (secondary N) is 1. The minimum Gasteiger partial charge on any atom is -0.383 e. The number of aromatic amines is 1. The van der Waals surface area contributed by atoms with E-state index in [4.69, 9.17) is 28.9 Å². The molecule has 2 aromatic heterocycles. The van der Waals surface area contributed by atoms with Crippen molar-refractivity contribution in [3.63, 3.8) is 0 Å². The Morgan fingerprint density at radius 1 is 0.784 bits per heavy atom. The van der Waals surface area contributed by atoms with E-state index in [1.165, 1.54) is 0 Å². The largest absolute Gasteiger partial charge is 0.383 e. The van der Waals surface area contributed by atoms with Crippen LogP contribution in [0, 0.1) is 0 Å². The second-order valence-corrected chi connectivity index (χ2v) is 10.8. The van der Waals surface area contributed by atoms with Crippen LogP contribution in [0.5, 0.6) is 0 Å². The van der Waals surface area contributed by atoms with E-state index >= 15 is 0 Å². The van der Waals surface area contributed by atoms with E-state index in [1.807, 2.05) is 14.7 Å². The van der Waals surface area contributed by atoms with Crippen LogP contribution in [0.2, 0.25) is 0 Å². The highest BCUT2D eigenvalue weighted by Gasteiger charge is 2.27. The molecule has 0 atom stereocenters. The lowest BCUT2D eigenvalue weighted by Gasteiger charge is -2.30. The maximum Gasteiger partial charge on any atom is 0.279 e. The van der Waals surface area contributed by atoms with Gasteiger partial charge in [0.05, 0.1) is 37.9 Å². The fourth-order valence-electron chi connectivity index (χ4n) is 3.86. The molecule has 1 saturated heterocycles. The summed E-state index contributed by atoms with van der Waals surface area (Å²) in [4.78, 5) is 35.9. The first kappa shape index (κ1) is 29.0. The molecule has 0 aromatic carbocycles. The van der Waals surface area contributed by atoms with Gasteiger partial charge in [-0.05, 0) is 0 Å². The SMILES string of the molecule is COCCN(CCOC)c1nc(N2CCS(=O)(=O)CC2)c2nc(N(CCOC)CCOC)[nH]c(=O)c2n1. The van der Waals surface area contributed by atoms with Gasteiger partial charge in [0.2, 0.25) is 11.9 Å². The van der Waals surface area contributed by atoms with E-state index in [1.54, 1.807) is 28.4 Å². The van der Waals surface area contributed by atoms with E-state index in [0.29, 0.717) is 75.8 Å². The second-order valence-electron chi connectivity index (χ2n) is 8.52. The average molecular weight is 544 g/mol. The molecule has 1 aliphatic heterocycles. The molecule has 0 saturated carbocycles.